The van der Waals surface area contributed by atoms with Crippen molar-refractivity contribution >= 4 is 8.80 Å². The Morgan fingerprint density at radius 2 is 1.50 bits per heavy atom. The molecule has 1 aliphatic carbocycles. The number of hydrogen-bond acceptors (Lipinski definition) is 5. The highest BCUT2D eigenvalue weighted by Gasteiger charge is 2.37. The molecule has 1 saturated carbocycles. The molecule has 0 radical (unpaired) electrons. The van der Waals surface area contributed by atoms with E-state index in [1.807, 2.05) is 0 Å². The van der Waals surface area contributed by atoms with Crippen molar-refractivity contribution < 1.29 is 22.8 Å². The van der Waals surface area contributed by atoms with E-state index in [1.54, 1.807) is 21.3 Å². The van der Waals surface area contributed by atoms with Crippen LogP contribution in [-0.4, -0.2) is 49.5 Å². The van der Waals surface area contributed by atoms with Crippen molar-refractivity contribution in [2.45, 2.75) is 69.9 Å². The molecule has 6 heteroatoms. The predicted octanol–water partition coefficient (Wildman–Crippen LogP) is 5.18. The van der Waals surface area contributed by atoms with Crippen LogP contribution in [0, 0.1) is 0 Å². The molecule has 0 amide bonds. The molecule has 2 rings (SSSR count). The van der Waals surface area contributed by atoms with Crippen molar-refractivity contribution in [1.82, 2.24) is 0 Å². The molecule has 0 aromatic heterocycles. The second-order valence-corrected chi connectivity index (χ2v) is 10.6. The molecule has 28 heavy (non-hydrogen) atoms. The summed E-state index contributed by atoms with van der Waals surface area (Å²) in [7, 11) is 2.51. The lowest BCUT2D eigenvalue weighted by Crippen LogP contribution is -2.42. The molecule has 0 unspecified atom stereocenters. The van der Waals surface area contributed by atoms with E-state index in [1.165, 1.54) is 18.4 Å². The Morgan fingerprint density at radius 1 is 0.857 bits per heavy atom. The third-order valence-electron chi connectivity index (χ3n) is 5.71. The minimum atomic E-state index is -2.47. The summed E-state index contributed by atoms with van der Waals surface area (Å²) in [6.07, 6.45) is 8.18. The quantitative estimate of drug-likeness (QED) is 0.331. The molecule has 0 saturated heterocycles. The Hall–Kier alpha value is -0.923. The highest BCUT2D eigenvalue weighted by Crippen LogP contribution is 2.34. The van der Waals surface area contributed by atoms with E-state index < -0.39 is 8.80 Å². The molecule has 0 heterocycles. The summed E-state index contributed by atoms with van der Waals surface area (Å²) in [5.41, 5.74) is 1.43. The monoisotopic (exact) mass is 410 g/mol. The Bertz CT molecular complexity index is 516. The fourth-order valence-corrected chi connectivity index (χ4v) is 5.52. The maximum atomic E-state index is 6.11. The zero-order chi connectivity index (χ0) is 20.2. The lowest BCUT2D eigenvalue weighted by molar-refractivity contribution is 0.0225. The molecule has 0 atom stereocenters. The van der Waals surface area contributed by atoms with Crippen LogP contribution in [0.25, 0.3) is 0 Å². The van der Waals surface area contributed by atoms with Crippen molar-refractivity contribution in [3.63, 3.8) is 0 Å². The molecular weight excluding hydrogens is 372 g/mol. The Balaban J connectivity index is 1.67. The average molecular weight is 411 g/mol. The minimum Gasteiger partial charge on any atom is -0.494 e. The van der Waals surface area contributed by atoms with Gasteiger partial charge in [0.1, 0.15) is 5.75 Å². The lowest BCUT2D eigenvalue weighted by Gasteiger charge is -2.29. The largest absolute Gasteiger partial charge is 0.500 e. The molecular formula is C22H38O5Si. The second kappa shape index (κ2) is 12.6. The molecule has 1 aromatic rings. The number of hydrogen-bond donors (Lipinski definition) is 0. The van der Waals surface area contributed by atoms with Crippen molar-refractivity contribution in [1.29, 1.82) is 0 Å². The van der Waals surface area contributed by atoms with Gasteiger partial charge >= 0.3 is 8.80 Å². The molecule has 0 spiro atoms. The van der Waals surface area contributed by atoms with Crippen LogP contribution in [0.1, 0.15) is 63.4 Å². The van der Waals surface area contributed by atoms with Crippen molar-refractivity contribution in [3.8, 4) is 5.75 Å². The van der Waals surface area contributed by atoms with Gasteiger partial charge in [-0.1, -0.05) is 25.5 Å². The Kier molecular flexibility index (Phi) is 10.5. The SMILES string of the molecule is CCCCOc1ccc(C2CCC(OCCC[Si](OC)(OC)OC)CC2)cc1. The van der Waals surface area contributed by atoms with E-state index in [-0.39, 0.29) is 0 Å². The molecule has 1 aromatic carbocycles. The number of rotatable bonds is 13. The maximum Gasteiger partial charge on any atom is 0.500 e. The molecule has 1 aliphatic rings. The van der Waals surface area contributed by atoms with Gasteiger partial charge in [-0.15, -0.1) is 0 Å². The molecule has 0 N–H and O–H groups in total. The summed E-state index contributed by atoms with van der Waals surface area (Å²) >= 11 is 0. The van der Waals surface area contributed by atoms with Crippen LogP contribution >= 0.6 is 0 Å². The van der Waals surface area contributed by atoms with E-state index in [4.69, 9.17) is 22.8 Å². The second-order valence-electron chi connectivity index (χ2n) is 7.51. The van der Waals surface area contributed by atoms with Gasteiger partial charge in [-0.25, -0.2) is 0 Å². The summed E-state index contributed by atoms with van der Waals surface area (Å²) < 4.78 is 28.2. The van der Waals surface area contributed by atoms with Gasteiger partial charge in [0.05, 0.1) is 12.7 Å². The molecule has 160 valence electrons. The highest BCUT2D eigenvalue weighted by molar-refractivity contribution is 6.60. The summed E-state index contributed by atoms with van der Waals surface area (Å²) in [4.78, 5) is 0. The smallest absolute Gasteiger partial charge is 0.494 e. The Morgan fingerprint density at radius 3 is 2.07 bits per heavy atom. The molecule has 5 nitrogen and oxygen atoms in total. The normalized spacial score (nSPS) is 20.3. The lowest BCUT2D eigenvalue weighted by atomic mass is 9.83. The molecule has 0 bridgehead atoms. The third-order valence-corrected chi connectivity index (χ3v) is 8.54. The van der Waals surface area contributed by atoms with Crippen molar-refractivity contribution in [3.05, 3.63) is 29.8 Å². The first kappa shape index (κ1) is 23.4. The summed E-state index contributed by atoms with van der Waals surface area (Å²) in [5, 5.41) is 0. The van der Waals surface area contributed by atoms with Gasteiger partial charge in [-0.2, -0.15) is 0 Å². The van der Waals surface area contributed by atoms with Crippen LogP contribution in [0.2, 0.25) is 6.04 Å². The third kappa shape index (κ3) is 7.15. The van der Waals surface area contributed by atoms with Gasteiger partial charge in [-0.05, 0) is 62.1 Å². The fraction of sp³-hybridized carbons (Fsp3) is 0.727. The first-order chi connectivity index (χ1) is 13.7. The van der Waals surface area contributed by atoms with E-state index in [2.05, 4.69) is 31.2 Å². The van der Waals surface area contributed by atoms with Gasteiger partial charge in [0.25, 0.3) is 0 Å². The van der Waals surface area contributed by atoms with Crippen molar-refractivity contribution in [2.75, 3.05) is 34.5 Å². The van der Waals surface area contributed by atoms with Gasteiger partial charge in [0.2, 0.25) is 0 Å². The topological polar surface area (TPSA) is 46.2 Å². The van der Waals surface area contributed by atoms with Gasteiger partial charge < -0.3 is 22.8 Å². The van der Waals surface area contributed by atoms with Gasteiger partial charge in [0.15, 0.2) is 0 Å². The van der Waals surface area contributed by atoms with Crippen LogP contribution in [0.4, 0.5) is 0 Å². The summed E-state index contributed by atoms with van der Waals surface area (Å²) in [6, 6.07) is 9.49. The van der Waals surface area contributed by atoms with Crippen LogP contribution in [-0.2, 0) is 18.0 Å². The average Bonchev–Trinajstić information content (AvgIpc) is 2.76. The zero-order valence-electron chi connectivity index (χ0n) is 18.1. The Labute approximate surface area is 172 Å². The van der Waals surface area contributed by atoms with Crippen LogP contribution in [0.5, 0.6) is 5.75 Å². The summed E-state index contributed by atoms with van der Waals surface area (Å²) in [6.45, 7) is 3.73. The van der Waals surface area contributed by atoms with E-state index >= 15 is 0 Å². The van der Waals surface area contributed by atoms with Crippen molar-refractivity contribution in [2.24, 2.45) is 0 Å². The predicted molar refractivity (Wildman–Crippen MR) is 114 cm³/mol. The van der Waals surface area contributed by atoms with Crippen LogP contribution in [0.3, 0.4) is 0 Å². The molecule has 1 fully saturated rings. The number of benzene rings is 1. The number of ether oxygens (including phenoxy) is 2. The highest BCUT2D eigenvalue weighted by atomic mass is 28.4. The minimum absolute atomic E-state index is 0.372. The van der Waals surface area contributed by atoms with Crippen LogP contribution in [0.15, 0.2) is 24.3 Å². The van der Waals surface area contributed by atoms with E-state index in [0.717, 1.165) is 57.1 Å². The summed E-state index contributed by atoms with van der Waals surface area (Å²) in [5.74, 6) is 1.62. The standard InChI is InChI=1S/C22H38O5Si/c1-5-6-16-26-21-12-8-19(9-13-21)20-10-14-22(15-11-20)27-17-7-18-28(23-2,24-3)25-4/h8-9,12-13,20,22H,5-7,10-11,14-18H2,1-4H3. The first-order valence-electron chi connectivity index (χ1n) is 10.7. The zero-order valence-corrected chi connectivity index (χ0v) is 19.1. The van der Waals surface area contributed by atoms with E-state index in [9.17, 15) is 0 Å². The van der Waals surface area contributed by atoms with Crippen LogP contribution < -0.4 is 4.74 Å². The van der Waals surface area contributed by atoms with Gasteiger partial charge in [-0.3, -0.25) is 0 Å². The number of unbranched alkanes of at least 4 members (excludes halogenated alkanes) is 1. The maximum absolute atomic E-state index is 6.11. The fourth-order valence-electron chi connectivity index (χ4n) is 3.83. The first-order valence-corrected chi connectivity index (χ1v) is 12.6. The molecule has 0 aliphatic heterocycles. The van der Waals surface area contributed by atoms with E-state index in [0.29, 0.717) is 12.0 Å². The van der Waals surface area contributed by atoms with Gasteiger partial charge in [0, 0.05) is 34.0 Å².